The fourth-order valence-electron chi connectivity index (χ4n) is 7.91. The number of fused-ring (bicyclic) bond motifs is 2. The van der Waals surface area contributed by atoms with Crippen LogP contribution in [0.25, 0.3) is 0 Å². The van der Waals surface area contributed by atoms with Crippen molar-refractivity contribution in [2.75, 3.05) is 30.5 Å². The Hall–Kier alpha value is -3.02. The molecule has 45 heavy (non-hydrogen) atoms. The zero-order chi connectivity index (χ0) is 31.9. The first-order valence-electron chi connectivity index (χ1n) is 15.8. The van der Waals surface area contributed by atoms with Crippen LogP contribution in [0.5, 0.6) is 5.75 Å². The summed E-state index contributed by atoms with van der Waals surface area (Å²) in [5.41, 5.74) is 2.19. The van der Waals surface area contributed by atoms with Crippen molar-refractivity contribution in [1.29, 1.82) is 0 Å². The zero-order valence-corrected chi connectivity index (χ0v) is 28.9. The Labute approximate surface area is 274 Å². The summed E-state index contributed by atoms with van der Waals surface area (Å²) in [6.07, 6.45) is 1.99. The van der Waals surface area contributed by atoms with Crippen LogP contribution in [0.3, 0.4) is 0 Å². The molecule has 6 rings (SSSR count). The van der Waals surface area contributed by atoms with Gasteiger partial charge in [-0.25, -0.2) is 0 Å². The number of hydrogen-bond donors (Lipinski definition) is 3. The summed E-state index contributed by atoms with van der Waals surface area (Å²) < 4.78 is 13.3. The van der Waals surface area contributed by atoms with Crippen molar-refractivity contribution in [3.05, 3.63) is 82.3 Å². The number of nitrogens with zero attached hydrogens (tertiary/aromatic N) is 1. The fraction of sp³-hybridized carbons (Fsp3) is 0.429. The van der Waals surface area contributed by atoms with Crippen LogP contribution in [0.4, 0.5) is 11.4 Å². The number of amides is 2. The van der Waals surface area contributed by atoms with E-state index >= 15 is 0 Å². The Morgan fingerprint density at radius 2 is 1.96 bits per heavy atom. The molecule has 0 aliphatic carbocycles. The number of anilines is 2. The number of benzene rings is 3. The van der Waals surface area contributed by atoms with E-state index in [-0.39, 0.29) is 42.0 Å². The van der Waals surface area contributed by atoms with Crippen LogP contribution in [-0.4, -0.2) is 57.4 Å². The Kier molecular flexibility index (Phi) is 8.97. The molecule has 5 atom stereocenters. The predicted molar refractivity (Wildman–Crippen MR) is 183 cm³/mol. The summed E-state index contributed by atoms with van der Waals surface area (Å²) in [6, 6.07) is 21.8. The van der Waals surface area contributed by atoms with Gasteiger partial charge in [-0.3, -0.25) is 9.59 Å². The molecule has 1 spiro atoms. The SMILES string of the molecule is COc1ccc([Si](C)(C)[C@H]2[C@H](CCO)O[C@@]3(C(=O)N(Cc4cccc(NC(=O)[C@H]5CCCN5)c4)c4ccc(Br)cc43)[C@@H]2C)cc1. The number of rotatable bonds is 9. The molecule has 238 valence electrons. The Balaban J connectivity index is 1.34. The monoisotopic (exact) mass is 691 g/mol. The number of methoxy groups -OCH3 is 1. The van der Waals surface area contributed by atoms with Gasteiger partial charge >= 0.3 is 0 Å². The van der Waals surface area contributed by atoms with Gasteiger partial charge in [0.25, 0.3) is 5.91 Å². The lowest BCUT2D eigenvalue weighted by molar-refractivity contribution is -0.146. The number of ether oxygens (including phenoxy) is 2. The molecule has 2 amide bonds. The maximum Gasteiger partial charge on any atom is 0.264 e. The van der Waals surface area contributed by atoms with Crippen molar-refractivity contribution >= 4 is 52.4 Å². The van der Waals surface area contributed by atoms with Crippen molar-refractivity contribution in [1.82, 2.24) is 5.32 Å². The first-order valence-corrected chi connectivity index (χ1v) is 19.7. The quantitative estimate of drug-likeness (QED) is 0.264. The third-order valence-corrected chi connectivity index (χ3v) is 15.0. The van der Waals surface area contributed by atoms with Gasteiger partial charge in [0.15, 0.2) is 5.60 Å². The Bertz CT molecular complexity index is 1580. The van der Waals surface area contributed by atoms with E-state index in [1.807, 2.05) is 59.5 Å². The molecule has 0 aromatic heterocycles. The molecular weight excluding hydrogens is 650 g/mol. The summed E-state index contributed by atoms with van der Waals surface area (Å²) in [5, 5.41) is 17.7. The van der Waals surface area contributed by atoms with Crippen LogP contribution in [0.2, 0.25) is 18.6 Å². The van der Waals surface area contributed by atoms with E-state index in [1.54, 1.807) is 7.11 Å². The lowest BCUT2D eigenvalue weighted by Gasteiger charge is -2.37. The maximum absolute atomic E-state index is 14.8. The molecule has 0 bridgehead atoms. The lowest BCUT2D eigenvalue weighted by atomic mass is 9.82. The Morgan fingerprint density at radius 3 is 2.64 bits per heavy atom. The van der Waals surface area contributed by atoms with Gasteiger partial charge in [0, 0.05) is 28.2 Å². The molecule has 3 aliphatic heterocycles. The van der Waals surface area contributed by atoms with Gasteiger partial charge in [-0.15, -0.1) is 0 Å². The van der Waals surface area contributed by atoms with Crippen molar-refractivity contribution in [2.24, 2.45) is 5.92 Å². The minimum atomic E-state index is -2.25. The number of aliphatic hydroxyl groups excluding tert-OH is 1. The fourth-order valence-corrected chi connectivity index (χ4v) is 12.3. The van der Waals surface area contributed by atoms with E-state index in [9.17, 15) is 14.7 Å². The van der Waals surface area contributed by atoms with Crippen molar-refractivity contribution in [3.8, 4) is 5.75 Å². The average molecular weight is 693 g/mol. The minimum absolute atomic E-state index is 0.0187. The molecule has 8 nitrogen and oxygen atoms in total. The third-order valence-electron chi connectivity index (χ3n) is 10.1. The van der Waals surface area contributed by atoms with Crippen molar-refractivity contribution in [2.45, 2.75) is 69.1 Å². The molecule has 10 heteroatoms. The van der Waals surface area contributed by atoms with Gasteiger partial charge in [0.2, 0.25) is 5.91 Å². The highest BCUT2D eigenvalue weighted by Gasteiger charge is 2.66. The molecule has 0 saturated carbocycles. The molecule has 2 saturated heterocycles. The van der Waals surface area contributed by atoms with Crippen LogP contribution in [0.15, 0.2) is 71.2 Å². The topological polar surface area (TPSA) is 100 Å². The first-order chi connectivity index (χ1) is 21.6. The second kappa shape index (κ2) is 12.6. The van der Waals surface area contributed by atoms with E-state index in [4.69, 9.17) is 9.47 Å². The van der Waals surface area contributed by atoms with Gasteiger partial charge in [0.1, 0.15) is 5.75 Å². The molecule has 3 N–H and O–H groups in total. The second-order valence-corrected chi connectivity index (χ2v) is 18.7. The first kappa shape index (κ1) is 31.9. The number of carbonyl (C=O) groups is 2. The standard InChI is InChI=1S/C35H42BrN3O5Si/c1-22-32(45(3,4)27-13-11-26(43-2)12-14-27)31(16-18-40)44-35(22)28-20-24(36)10-15-30(28)39(34(35)42)21-23-7-5-8-25(19-23)38-33(41)29-9-6-17-37-29/h5,7-8,10-15,19-20,22,29,31-32,37,40H,6,9,16-18,21H2,1-4H3,(H,38,41)/t22-,29-,31+,32-,35+/m1/s1. The second-order valence-electron chi connectivity index (χ2n) is 13.1. The molecule has 2 fully saturated rings. The number of carbonyl (C=O) groups excluding carboxylic acids is 2. The van der Waals surface area contributed by atoms with Crippen LogP contribution in [0.1, 0.15) is 37.3 Å². The molecule has 3 aromatic carbocycles. The van der Waals surface area contributed by atoms with Crippen LogP contribution < -0.4 is 25.5 Å². The molecule has 0 unspecified atom stereocenters. The van der Waals surface area contributed by atoms with E-state index in [0.29, 0.717) is 18.7 Å². The highest BCUT2D eigenvalue weighted by atomic mass is 79.9. The van der Waals surface area contributed by atoms with Crippen LogP contribution >= 0.6 is 15.9 Å². The molecule has 3 heterocycles. The van der Waals surface area contributed by atoms with Crippen LogP contribution in [0, 0.1) is 5.92 Å². The summed E-state index contributed by atoms with van der Waals surface area (Å²) in [7, 11) is -0.588. The van der Waals surface area contributed by atoms with E-state index in [0.717, 1.165) is 46.4 Å². The summed E-state index contributed by atoms with van der Waals surface area (Å²) in [4.78, 5) is 29.4. The molecule has 3 aliphatic rings. The number of nitrogens with one attached hydrogen (secondary N) is 2. The minimum Gasteiger partial charge on any atom is -0.497 e. The van der Waals surface area contributed by atoms with Crippen LogP contribution in [-0.2, 0) is 26.5 Å². The summed E-state index contributed by atoms with van der Waals surface area (Å²) in [6.45, 7) is 8.00. The highest BCUT2D eigenvalue weighted by molar-refractivity contribution is 9.10. The van der Waals surface area contributed by atoms with Gasteiger partial charge < -0.3 is 30.1 Å². The average Bonchev–Trinajstić information content (AvgIpc) is 3.72. The number of hydrogen-bond acceptors (Lipinski definition) is 6. The van der Waals surface area contributed by atoms with Gasteiger partial charge in [-0.05, 0) is 79.4 Å². The largest absolute Gasteiger partial charge is 0.497 e. The van der Waals surface area contributed by atoms with Crippen molar-refractivity contribution < 1.29 is 24.2 Å². The maximum atomic E-state index is 14.8. The lowest BCUT2D eigenvalue weighted by Crippen LogP contribution is -2.51. The summed E-state index contributed by atoms with van der Waals surface area (Å²) in [5.74, 6) is 0.543. The van der Waals surface area contributed by atoms with Gasteiger partial charge in [-0.1, -0.05) is 65.4 Å². The van der Waals surface area contributed by atoms with Gasteiger partial charge in [0.05, 0.1) is 39.6 Å². The van der Waals surface area contributed by atoms with E-state index < -0.39 is 13.7 Å². The van der Waals surface area contributed by atoms with E-state index in [1.165, 1.54) is 5.19 Å². The number of halogens is 1. The summed E-state index contributed by atoms with van der Waals surface area (Å²) >= 11 is 3.66. The van der Waals surface area contributed by atoms with Gasteiger partial charge in [-0.2, -0.15) is 0 Å². The van der Waals surface area contributed by atoms with E-state index in [2.05, 4.69) is 58.7 Å². The number of aliphatic hydroxyl groups is 1. The third kappa shape index (κ3) is 5.65. The predicted octanol–water partition coefficient (Wildman–Crippen LogP) is 5.29. The highest BCUT2D eigenvalue weighted by Crippen LogP contribution is 2.60. The van der Waals surface area contributed by atoms with Crippen molar-refractivity contribution in [3.63, 3.8) is 0 Å². The normalized spacial score (nSPS) is 26.0. The smallest absolute Gasteiger partial charge is 0.264 e. The zero-order valence-electron chi connectivity index (χ0n) is 26.3. The molecule has 3 aromatic rings. The molecular formula is C35H42BrN3O5Si. The Morgan fingerprint density at radius 1 is 1.18 bits per heavy atom. The molecule has 0 radical (unpaired) electrons.